The molecule has 2 aromatic heterocycles. The third kappa shape index (κ3) is 3.88. The molecule has 1 saturated carbocycles. The van der Waals surface area contributed by atoms with E-state index in [2.05, 4.69) is 24.5 Å². The summed E-state index contributed by atoms with van der Waals surface area (Å²) in [5.74, 6) is 0.556. The number of halogens is 2. The van der Waals surface area contributed by atoms with Crippen LogP contribution < -0.4 is 5.73 Å². The maximum Gasteiger partial charge on any atom is 0.181 e. The second-order valence-electron chi connectivity index (χ2n) is 9.40. The molecule has 2 N–H and O–H groups in total. The average molecular weight is 503 g/mol. The Bertz CT molecular complexity index is 1420. The molecular formula is C23H24ClFN6O2S. The molecule has 0 bridgehead atoms. The highest BCUT2D eigenvalue weighted by Crippen LogP contribution is 2.42. The van der Waals surface area contributed by atoms with Crippen LogP contribution >= 0.6 is 11.6 Å². The molecule has 1 fully saturated rings. The summed E-state index contributed by atoms with van der Waals surface area (Å²) < 4.78 is 38.4. The second kappa shape index (κ2) is 7.84. The molecule has 0 saturated heterocycles. The van der Waals surface area contributed by atoms with E-state index in [9.17, 15) is 4.21 Å². The van der Waals surface area contributed by atoms with Gasteiger partial charge < -0.3 is 10.3 Å². The summed E-state index contributed by atoms with van der Waals surface area (Å²) in [7, 11) is -2.80. The van der Waals surface area contributed by atoms with E-state index in [0.29, 0.717) is 27.9 Å². The number of hydrogen-bond donors (Lipinski definition) is 1. The lowest BCUT2D eigenvalue weighted by atomic mass is 9.91. The van der Waals surface area contributed by atoms with Gasteiger partial charge in [-0.25, -0.2) is 22.9 Å². The Kier molecular flexibility index (Phi) is 5.29. The van der Waals surface area contributed by atoms with Crippen molar-refractivity contribution >= 4 is 27.2 Å². The number of aromatic nitrogens is 3. The van der Waals surface area contributed by atoms with Gasteiger partial charge in [0.25, 0.3) is 0 Å². The Labute approximate surface area is 202 Å². The van der Waals surface area contributed by atoms with Crippen molar-refractivity contribution in [2.75, 3.05) is 5.75 Å². The van der Waals surface area contributed by atoms with Crippen LogP contribution in [-0.4, -0.2) is 41.7 Å². The lowest BCUT2D eigenvalue weighted by molar-refractivity contribution is 0.434. The predicted octanol–water partition coefficient (Wildman–Crippen LogP) is 4.59. The first-order valence-electron chi connectivity index (χ1n) is 10.9. The number of rotatable bonds is 4. The van der Waals surface area contributed by atoms with Crippen molar-refractivity contribution in [1.29, 1.82) is 0 Å². The van der Waals surface area contributed by atoms with Crippen LogP contribution in [0.5, 0.6) is 0 Å². The third-order valence-corrected chi connectivity index (χ3v) is 9.91. The van der Waals surface area contributed by atoms with Gasteiger partial charge in [-0.3, -0.25) is 4.99 Å². The Morgan fingerprint density at radius 3 is 2.59 bits per heavy atom. The summed E-state index contributed by atoms with van der Waals surface area (Å²) in [5, 5.41) is 4.43. The van der Waals surface area contributed by atoms with Crippen LogP contribution in [-0.2, 0) is 15.3 Å². The van der Waals surface area contributed by atoms with E-state index in [1.54, 1.807) is 39.0 Å². The minimum Gasteiger partial charge on any atom is -0.386 e. The molecule has 1 aromatic carbocycles. The zero-order chi connectivity index (χ0) is 24.3. The van der Waals surface area contributed by atoms with E-state index in [1.165, 1.54) is 18.5 Å². The van der Waals surface area contributed by atoms with Gasteiger partial charge in [-0.05, 0) is 51.8 Å². The molecule has 11 heteroatoms. The molecule has 8 nitrogen and oxygen atoms in total. The molecule has 3 aromatic rings. The minimum absolute atomic E-state index is 0.0702. The monoisotopic (exact) mass is 502 g/mol. The zero-order valence-electron chi connectivity index (χ0n) is 19.0. The first-order valence-corrected chi connectivity index (χ1v) is 12.9. The Balaban J connectivity index is 1.56. The van der Waals surface area contributed by atoms with Crippen molar-refractivity contribution in [2.24, 2.45) is 15.1 Å². The Morgan fingerprint density at radius 1 is 1.21 bits per heavy atom. The molecule has 5 rings (SSSR count). The summed E-state index contributed by atoms with van der Waals surface area (Å²) in [6.45, 7) is 5.33. The van der Waals surface area contributed by atoms with E-state index < -0.39 is 25.8 Å². The van der Waals surface area contributed by atoms with E-state index >= 15 is 4.39 Å². The number of aliphatic imine (C=N–C) groups is 1. The van der Waals surface area contributed by atoms with Crippen molar-refractivity contribution < 1.29 is 13.1 Å². The summed E-state index contributed by atoms with van der Waals surface area (Å²) in [4.78, 5) is 12.9. The van der Waals surface area contributed by atoms with E-state index in [0.717, 1.165) is 12.8 Å². The molecule has 3 heterocycles. The number of hydrogen-bond acceptors (Lipinski definition) is 8. The van der Waals surface area contributed by atoms with Crippen LogP contribution in [0.2, 0.25) is 5.02 Å². The van der Waals surface area contributed by atoms with Crippen LogP contribution in [0.3, 0.4) is 0 Å². The quantitative estimate of drug-likeness (QED) is 0.557. The standard InChI is InChI=1S/C23H24ClFN6O2S/c1-22(2)21(26)29-23(3,12-34(22,32)31-15-5-6-15)16-8-13(4-7-17(16)25)19-9-18(30-33-19)20-27-10-14(24)11-28-20/h4,7-11,15H,5-6,12H2,1-3H3,(H2,26,29)/t23-,34+/m0/s1. The highest BCUT2D eigenvalue weighted by molar-refractivity contribution is 7.95. The van der Waals surface area contributed by atoms with Crippen LogP contribution in [0.25, 0.3) is 22.8 Å². The predicted molar refractivity (Wildman–Crippen MR) is 129 cm³/mol. The van der Waals surface area contributed by atoms with Crippen molar-refractivity contribution in [3.05, 3.63) is 53.1 Å². The van der Waals surface area contributed by atoms with Gasteiger partial charge in [0.05, 0.1) is 26.5 Å². The summed E-state index contributed by atoms with van der Waals surface area (Å²) >= 11 is 5.85. The first kappa shape index (κ1) is 22.9. The van der Waals surface area contributed by atoms with Crippen molar-refractivity contribution in [3.63, 3.8) is 0 Å². The second-order valence-corrected chi connectivity index (χ2v) is 12.6. The number of amidine groups is 1. The number of nitrogens with two attached hydrogens (primary N) is 1. The van der Waals surface area contributed by atoms with E-state index in [-0.39, 0.29) is 23.2 Å². The molecule has 34 heavy (non-hydrogen) atoms. The van der Waals surface area contributed by atoms with Crippen LogP contribution in [0.4, 0.5) is 4.39 Å². The van der Waals surface area contributed by atoms with Gasteiger partial charge in [-0.2, -0.15) is 0 Å². The number of benzene rings is 1. The van der Waals surface area contributed by atoms with Gasteiger partial charge in [-0.1, -0.05) is 16.8 Å². The summed E-state index contributed by atoms with van der Waals surface area (Å²) in [6.07, 6.45) is 4.75. The third-order valence-electron chi connectivity index (χ3n) is 6.32. The largest absolute Gasteiger partial charge is 0.386 e. The fourth-order valence-corrected chi connectivity index (χ4v) is 6.78. The Hall–Kier alpha value is -2.85. The van der Waals surface area contributed by atoms with Gasteiger partial charge in [0.15, 0.2) is 17.3 Å². The minimum atomic E-state index is -2.80. The Morgan fingerprint density at radius 2 is 1.91 bits per heavy atom. The molecular weight excluding hydrogens is 479 g/mol. The summed E-state index contributed by atoms with van der Waals surface area (Å²) in [5.41, 5.74) is 6.41. The first-order chi connectivity index (χ1) is 16.0. The molecule has 0 radical (unpaired) electrons. The lowest BCUT2D eigenvalue weighted by Crippen LogP contribution is -2.55. The smallest absolute Gasteiger partial charge is 0.181 e. The molecule has 178 valence electrons. The maximum atomic E-state index is 15.2. The maximum absolute atomic E-state index is 15.2. The molecule has 0 unspecified atom stereocenters. The van der Waals surface area contributed by atoms with Gasteiger partial charge in [-0.15, -0.1) is 0 Å². The topological polar surface area (TPSA) is 120 Å². The fraction of sp³-hybridized carbons (Fsp3) is 0.391. The van der Waals surface area contributed by atoms with Crippen LogP contribution in [0.1, 0.15) is 39.2 Å². The number of nitrogens with zero attached hydrogens (tertiary/aromatic N) is 5. The van der Waals surface area contributed by atoms with Crippen molar-refractivity contribution in [1.82, 2.24) is 15.1 Å². The molecule has 2 aliphatic rings. The molecule has 1 aliphatic heterocycles. The van der Waals surface area contributed by atoms with Crippen LogP contribution in [0, 0.1) is 5.82 Å². The highest BCUT2D eigenvalue weighted by atomic mass is 35.5. The van der Waals surface area contributed by atoms with Crippen molar-refractivity contribution in [3.8, 4) is 22.8 Å². The fourth-order valence-electron chi connectivity index (χ4n) is 3.94. The van der Waals surface area contributed by atoms with Gasteiger partial charge in [0.2, 0.25) is 0 Å². The molecule has 1 aliphatic carbocycles. The summed E-state index contributed by atoms with van der Waals surface area (Å²) in [6, 6.07) is 6.29. The lowest BCUT2D eigenvalue weighted by Gasteiger charge is -2.40. The highest BCUT2D eigenvalue weighted by Gasteiger charge is 2.49. The van der Waals surface area contributed by atoms with E-state index in [1.807, 2.05) is 0 Å². The molecule has 0 spiro atoms. The normalized spacial score (nSPS) is 26.2. The average Bonchev–Trinajstić information content (AvgIpc) is 3.44. The van der Waals surface area contributed by atoms with Crippen molar-refractivity contribution in [2.45, 2.75) is 49.9 Å². The van der Waals surface area contributed by atoms with Gasteiger partial charge in [0.1, 0.15) is 21.9 Å². The van der Waals surface area contributed by atoms with E-state index in [4.69, 9.17) is 21.9 Å². The molecule has 0 amide bonds. The zero-order valence-corrected chi connectivity index (χ0v) is 20.5. The van der Waals surface area contributed by atoms with Gasteiger partial charge in [0, 0.05) is 29.6 Å². The van der Waals surface area contributed by atoms with Crippen LogP contribution in [0.15, 0.2) is 50.5 Å². The SMILES string of the molecule is CC1(C)C(N)=N[C@](C)(c2cc(-c3cc(-c4ncc(Cl)cn4)no3)ccc2F)C[S@]1(=O)=NC1CC1. The molecule has 2 atom stereocenters. The van der Waals surface area contributed by atoms with Gasteiger partial charge >= 0.3 is 0 Å².